The maximum atomic E-state index is 12.7. The first kappa shape index (κ1) is 15.5. The number of anilines is 1. The first-order valence-electron chi connectivity index (χ1n) is 6.76. The molecule has 1 aromatic carbocycles. The van der Waals surface area contributed by atoms with Crippen molar-refractivity contribution in [1.29, 1.82) is 0 Å². The van der Waals surface area contributed by atoms with Gasteiger partial charge in [-0.25, -0.2) is 0 Å². The molecule has 0 radical (unpaired) electrons. The van der Waals surface area contributed by atoms with Gasteiger partial charge < -0.3 is 15.4 Å². The van der Waals surface area contributed by atoms with Gasteiger partial charge in [0.2, 0.25) is 0 Å². The summed E-state index contributed by atoms with van der Waals surface area (Å²) in [6.45, 7) is 7.22. The van der Waals surface area contributed by atoms with E-state index < -0.39 is 0 Å². The Kier molecular flexibility index (Phi) is 4.98. The number of nitrogens with zero attached hydrogens (tertiary/aromatic N) is 1. The van der Waals surface area contributed by atoms with Gasteiger partial charge in [-0.3, -0.25) is 4.79 Å². The van der Waals surface area contributed by atoms with Gasteiger partial charge in [0.05, 0.1) is 12.3 Å². The number of nitrogen functional groups attached to an aromatic ring is 1. The van der Waals surface area contributed by atoms with Gasteiger partial charge in [0.15, 0.2) is 0 Å². The number of fused-ring (bicyclic) bond motifs is 1. The molecule has 5 heteroatoms. The Morgan fingerprint density at radius 1 is 1.52 bits per heavy atom. The summed E-state index contributed by atoms with van der Waals surface area (Å²) in [4.78, 5) is 15.0. The van der Waals surface area contributed by atoms with E-state index in [0.717, 1.165) is 15.6 Å². The molecule has 2 aromatic rings. The average Bonchev–Trinajstić information content (AvgIpc) is 2.82. The smallest absolute Gasteiger partial charge is 0.266 e. The lowest BCUT2D eigenvalue weighted by atomic mass is 10.1. The zero-order valence-electron chi connectivity index (χ0n) is 12.4. The Hall–Kier alpha value is -1.85. The number of rotatable bonds is 6. The molecule has 0 fully saturated rings. The Morgan fingerprint density at radius 2 is 2.29 bits per heavy atom. The zero-order valence-corrected chi connectivity index (χ0v) is 13.2. The molecule has 2 rings (SSSR count). The van der Waals surface area contributed by atoms with Crippen LogP contribution in [0.5, 0.6) is 0 Å². The van der Waals surface area contributed by atoms with Gasteiger partial charge >= 0.3 is 0 Å². The Morgan fingerprint density at radius 3 is 2.90 bits per heavy atom. The molecule has 0 saturated carbocycles. The summed E-state index contributed by atoms with van der Waals surface area (Å²) in [6.07, 6.45) is 1.71. The molecule has 0 aliphatic rings. The molecule has 0 bridgehead atoms. The molecule has 21 heavy (non-hydrogen) atoms. The summed E-state index contributed by atoms with van der Waals surface area (Å²) >= 11 is 1.45. The summed E-state index contributed by atoms with van der Waals surface area (Å²) in [5.74, 6) is -0.0648. The highest BCUT2D eigenvalue weighted by molar-refractivity contribution is 7.21. The molecule has 4 nitrogen and oxygen atoms in total. The van der Waals surface area contributed by atoms with Crippen molar-refractivity contribution in [1.82, 2.24) is 4.90 Å². The zero-order chi connectivity index (χ0) is 15.4. The predicted octanol–water partition coefficient (Wildman–Crippen LogP) is 3.07. The second-order valence-corrected chi connectivity index (χ2v) is 5.85. The first-order valence-corrected chi connectivity index (χ1v) is 7.58. The fourth-order valence-electron chi connectivity index (χ4n) is 2.21. The standard InChI is InChI=1S/C16H20N2O2S/c1-4-8-18(9-10-20-3)16(19)15-13(17)12-7-5-6-11(2)14(12)21-15/h4-7H,1,8-10,17H2,2-3H3. The van der Waals surface area contributed by atoms with E-state index in [2.05, 4.69) is 6.58 Å². The van der Waals surface area contributed by atoms with E-state index in [9.17, 15) is 4.79 Å². The molecule has 1 amide bonds. The van der Waals surface area contributed by atoms with Gasteiger partial charge in [-0.15, -0.1) is 17.9 Å². The summed E-state index contributed by atoms with van der Waals surface area (Å²) in [6, 6.07) is 5.94. The van der Waals surface area contributed by atoms with Crippen LogP contribution < -0.4 is 5.73 Å². The Bertz CT molecular complexity index is 664. The fraction of sp³-hybridized carbons (Fsp3) is 0.312. The molecular formula is C16H20N2O2S. The number of carbonyl (C=O) groups excluding carboxylic acids is 1. The molecule has 0 atom stereocenters. The SMILES string of the molecule is C=CCN(CCOC)C(=O)c1sc2c(C)cccc2c1N. The van der Waals surface area contributed by atoms with Crippen molar-refractivity contribution in [2.24, 2.45) is 0 Å². The van der Waals surface area contributed by atoms with Crippen molar-refractivity contribution < 1.29 is 9.53 Å². The van der Waals surface area contributed by atoms with Crippen LogP contribution in [0.25, 0.3) is 10.1 Å². The Labute approximate surface area is 128 Å². The van der Waals surface area contributed by atoms with Crippen LogP contribution in [0.2, 0.25) is 0 Å². The minimum absolute atomic E-state index is 0.0648. The van der Waals surface area contributed by atoms with Crippen LogP contribution >= 0.6 is 11.3 Å². The van der Waals surface area contributed by atoms with Gasteiger partial charge in [-0.1, -0.05) is 24.3 Å². The molecule has 0 unspecified atom stereocenters. The maximum absolute atomic E-state index is 12.7. The van der Waals surface area contributed by atoms with Gasteiger partial charge in [0.1, 0.15) is 4.88 Å². The number of hydrogen-bond donors (Lipinski definition) is 1. The number of amides is 1. The minimum atomic E-state index is -0.0648. The molecule has 2 N–H and O–H groups in total. The fourth-order valence-corrected chi connectivity index (χ4v) is 3.37. The van der Waals surface area contributed by atoms with E-state index >= 15 is 0 Å². The normalized spacial score (nSPS) is 10.8. The number of nitrogens with two attached hydrogens (primary N) is 1. The minimum Gasteiger partial charge on any atom is -0.397 e. The van der Waals surface area contributed by atoms with E-state index in [-0.39, 0.29) is 5.91 Å². The average molecular weight is 304 g/mol. The summed E-state index contributed by atoms with van der Waals surface area (Å²) in [7, 11) is 1.62. The van der Waals surface area contributed by atoms with E-state index in [1.807, 2.05) is 25.1 Å². The second-order valence-electron chi connectivity index (χ2n) is 4.83. The predicted molar refractivity (Wildman–Crippen MR) is 89.0 cm³/mol. The maximum Gasteiger partial charge on any atom is 0.266 e. The molecule has 0 aliphatic heterocycles. The van der Waals surface area contributed by atoms with Crippen LogP contribution in [0.4, 0.5) is 5.69 Å². The highest BCUT2D eigenvalue weighted by Crippen LogP contribution is 2.36. The number of benzene rings is 1. The van der Waals surface area contributed by atoms with Crippen molar-refractivity contribution in [2.75, 3.05) is 32.5 Å². The van der Waals surface area contributed by atoms with Crippen molar-refractivity contribution >= 4 is 33.0 Å². The van der Waals surface area contributed by atoms with Crippen molar-refractivity contribution in [3.63, 3.8) is 0 Å². The van der Waals surface area contributed by atoms with E-state index in [0.29, 0.717) is 30.3 Å². The lowest BCUT2D eigenvalue weighted by Gasteiger charge is -2.20. The van der Waals surface area contributed by atoms with Gasteiger partial charge in [-0.2, -0.15) is 0 Å². The number of hydrogen-bond acceptors (Lipinski definition) is 4. The van der Waals surface area contributed by atoms with Crippen molar-refractivity contribution in [3.8, 4) is 0 Å². The van der Waals surface area contributed by atoms with E-state index in [1.54, 1.807) is 18.1 Å². The number of methoxy groups -OCH3 is 1. The number of ether oxygens (including phenoxy) is 1. The number of carbonyl (C=O) groups is 1. The first-order chi connectivity index (χ1) is 10.1. The van der Waals surface area contributed by atoms with Crippen LogP contribution in [0.1, 0.15) is 15.2 Å². The quantitative estimate of drug-likeness (QED) is 0.834. The molecule has 0 aliphatic carbocycles. The van der Waals surface area contributed by atoms with Crippen LogP contribution in [-0.2, 0) is 4.74 Å². The summed E-state index contributed by atoms with van der Waals surface area (Å²) in [5, 5.41) is 0.952. The van der Waals surface area contributed by atoms with E-state index in [4.69, 9.17) is 10.5 Å². The number of aryl methyl sites for hydroxylation is 1. The van der Waals surface area contributed by atoms with E-state index in [1.165, 1.54) is 11.3 Å². The van der Waals surface area contributed by atoms with Gasteiger partial charge in [0, 0.05) is 30.3 Å². The highest BCUT2D eigenvalue weighted by Gasteiger charge is 2.21. The molecule has 112 valence electrons. The van der Waals surface area contributed by atoms with Crippen LogP contribution in [-0.4, -0.2) is 37.6 Å². The lowest BCUT2D eigenvalue weighted by Crippen LogP contribution is -2.33. The molecule has 0 saturated heterocycles. The molecule has 1 aromatic heterocycles. The summed E-state index contributed by atoms with van der Waals surface area (Å²) in [5.41, 5.74) is 7.88. The largest absolute Gasteiger partial charge is 0.397 e. The lowest BCUT2D eigenvalue weighted by molar-refractivity contribution is 0.0724. The third-order valence-electron chi connectivity index (χ3n) is 3.35. The van der Waals surface area contributed by atoms with Crippen molar-refractivity contribution in [3.05, 3.63) is 41.3 Å². The third-order valence-corrected chi connectivity index (χ3v) is 4.69. The van der Waals surface area contributed by atoms with Crippen LogP contribution in [0, 0.1) is 6.92 Å². The molecular weight excluding hydrogens is 284 g/mol. The monoisotopic (exact) mass is 304 g/mol. The third kappa shape index (κ3) is 3.09. The van der Waals surface area contributed by atoms with Gasteiger partial charge in [0.25, 0.3) is 5.91 Å². The van der Waals surface area contributed by atoms with Gasteiger partial charge in [-0.05, 0) is 12.5 Å². The number of thiophene rings is 1. The second kappa shape index (κ2) is 6.74. The highest BCUT2D eigenvalue weighted by atomic mass is 32.1. The topological polar surface area (TPSA) is 55.6 Å². The van der Waals surface area contributed by atoms with Crippen LogP contribution in [0.3, 0.4) is 0 Å². The Balaban J connectivity index is 2.39. The summed E-state index contributed by atoms with van der Waals surface area (Å²) < 4.78 is 6.13. The molecule has 0 spiro atoms. The molecule has 1 heterocycles. The van der Waals surface area contributed by atoms with Crippen LogP contribution in [0.15, 0.2) is 30.9 Å². The van der Waals surface area contributed by atoms with Crippen molar-refractivity contribution in [2.45, 2.75) is 6.92 Å².